The van der Waals surface area contributed by atoms with Crippen molar-refractivity contribution in [2.45, 2.75) is 50.0 Å². The Bertz CT molecular complexity index is 1390. The van der Waals surface area contributed by atoms with Gasteiger partial charge in [0.2, 0.25) is 5.91 Å². The number of hydrogen-bond acceptors (Lipinski definition) is 7. The van der Waals surface area contributed by atoms with Crippen LogP contribution in [0, 0.1) is 11.3 Å². The second-order valence-electron chi connectivity index (χ2n) is 10.5. The lowest BCUT2D eigenvalue weighted by molar-refractivity contribution is -0.140. The van der Waals surface area contributed by atoms with Crippen molar-refractivity contribution in [3.8, 4) is 11.8 Å². The molecule has 9 nitrogen and oxygen atoms in total. The number of halogens is 1. The van der Waals surface area contributed by atoms with Gasteiger partial charge in [-0.25, -0.2) is 0 Å². The highest BCUT2D eigenvalue weighted by Gasteiger charge is 2.53. The molecular weight excluding hydrogens is 520 g/mol. The Kier molecular flexibility index (Phi) is 7.19. The van der Waals surface area contributed by atoms with Gasteiger partial charge in [0, 0.05) is 18.0 Å². The number of hydrogen-bond donors (Lipinski definition) is 1. The van der Waals surface area contributed by atoms with Crippen molar-refractivity contribution >= 4 is 35.2 Å². The summed E-state index contributed by atoms with van der Waals surface area (Å²) in [5.41, 5.74) is -0.700. The number of nitriles is 1. The van der Waals surface area contributed by atoms with Crippen molar-refractivity contribution < 1.29 is 23.9 Å². The first kappa shape index (κ1) is 26.9. The molecule has 0 spiro atoms. The normalized spacial score (nSPS) is 22.8. The van der Waals surface area contributed by atoms with Gasteiger partial charge in [-0.1, -0.05) is 29.8 Å². The molecule has 0 saturated carbocycles. The number of piperidine rings is 2. The highest BCUT2D eigenvalue weighted by atomic mass is 35.5. The predicted molar refractivity (Wildman–Crippen MR) is 142 cm³/mol. The Morgan fingerprint density at radius 3 is 2.49 bits per heavy atom. The molecule has 1 N–H and O–H groups in total. The molecule has 2 saturated heterocycles. The Morgan fingerprint density at radius 1 is 1.05 bits per heavy atom. The summed E-state index contributed by atoms with van der Waals surface area (Å²) in [7, 11) is 0. The maximum absolute atomic E-state index is 13.4. The highest BCUT2D eigenvalue weighted by molar-refractivity contribution is 6.30. The van der Waals surface area contributed by atoms with Gasteiger partial charge in [-0.3, -0.25) is 29.4 Å². The van der Waals surface area contributed by atoms with E-state index in [9.17, 15) is 24.4 Å². The standard InChI is InChI=1S/C29H29ClN4O5/c1-28(10-9-23(35)32-27(28)38)34-25(36)21-7-3-8-22(24(21)26(34)37)39-16-4-13-33-14-11-29(18-31,12-15-33)19-5-2-6-20(30)17-19/h2-3,5-8,17H,4,9-16H2,1H3,(H,32,35,38)/t28-/m0/s1. The smallest absolute Gasteiger partial charge is 0.266 e. The molecule has 0 radical (unpaired) electrons. The van der Waals surface area contributed by atoms with E-state index in [2.05, 4.69) is 16.3 Å². The van der Waals surface area contributed by atoms with Crippen LogP contribution in [0.3, 0.4) is 0 Å². The highest BCUT2D eigenvalue weighted by Crippen LogP contribution is 2.38. The Balaban J connectivity index is 1.19. The number of amides is 4. The number of carbonyl (C=O) groups excluding carboxylic acids is 4. The van der Waals surface area contributed by atoms with Gasteiger partial charge in [0.05, 0.1) is 29.2 Å². The molecule has 0 aromatic heterocycles. The van der Waals surface area contributed by atoms with Crippen LogP contribution in [0.25, 0.3) is 0 Å². The maximum Gasteiger partial charge on any atom is 0.266 e. The first-order valence-corrected chi connectivity index (χ1v) is 13.4. The molecule has 2 aromatic rings. The second kappa shape index (κ2) is 10.4. The van der Waals surface area contributed by atoms with E-state index in [1.54, 1.807) is 18.2 Å². The van der Waals surface area contributed by atoms with E-state index in [-0.39, 0.29) is 24.0 Å². The third kappa shape index (κ3) is 4.79. The first-order valence-electron chi connectivity index (χ1n) is 13.1. The molecule has 0 bridgehead atoms. The number of ether oxygens (including phenoxy) is 1. The monoisotopic (exact) mass is 548 g/mol. The van der Waals surface area contributed by atoms with Crippen LogP contribution < -0.4 is 10.1 Å². The fourth-order valence-corrected chi connectivity index (χ4v) is 5.90. The van der Waals surface area contributed by atoms with E-state index in [1.807, 2.05) is 24.3 Å². The number of fused-ring (bicyclic) bond motifs is 1. The van der Waals surface area contributed by atoms with Crippen molar-refractivity contribution in [3.63, 3.8) is 0 Å². The summed E-state index contributed by atoms with van der Waals surface area (Å²) in [6.45, 7) is 4.14. The number of carbonyl (C=O) groups is 4. The van der Waals surface area contributed by atoms with Crippen molar-refractivity contribution in [2.24, 2.45) is 0 Å². The molecule has 3 aliphatic heterocycles. The van der Waals surface area contributed by atoms with Crippen LogP contribution in [0.5, 0.6) is 5.75 Å². The van der Waals surface area contributed by atoms with Crippen molar-refractivity contribution in [1.29, 1.82) is 5.26 Å². The van der Waals surface area contributed by atoms with E-state index in [0.717, 1.165) is 30.1 Å². The van der Waals surface area contributed by atoms with Gasteiger partial charge < -0.3 is 9.64 Å². The van der Waals surface area contributed by atoms with Gasteiger partial charge in [-0.05, 0) is 75.5 Å². The van der Waals surface area contributed by atoms with Gasteiger partial charge in [0.15, 0.2) is 0 Å². The van der Waals surface area contributed by atoms with E-state index in [0.29, 0.717) is 36.6 Å². The molecular formula is C29H29ClN4O5. The summed E-state index contributed by atoms with van der Waals surface area (Å²) >= 11 is 6.16. The lowest BCUT2D eigenvalue weighted by Gasteiger charge is -2.38. The minimum atomic E-state index is -1.45. The lowest BCUT2D eigenvalue weighted by atomic mass is 9.74. The molecule has 0 aliphatic carbocycles. The molecule has 2 fully saturated rings. The van der Waals surface area contributed by atoms with E-state index in [1.165, 1.54) is 6.92 Å². The Hall–Kier alpha value is -3.74. The third-order valence-corrected chi connectivity index (χ3v) is 8.36. The van der Waals surface area contributed by atoms with Crippen LogP contribution >= 0.6 is 11.6 Å². The number of nitrogens with zero attached hydrogens (tertiary/aromatic N) is 3. The van der Waals surface area contributed by atoms with Gasteiger partial charge in [0.1, 0.15) is 11.3 Å². The van der Waals surface area contributed by atoms with Gasteiger partial charge in [0.25, 0.3) is 17.7 Å². The quantitative estimate of drug-likeness (QED) is 0.415. The average molecular weight is 549 g/mol. The zero-order chi connectivity index (χ0) is 27.8. The topological polar surface area (TPSA) is 120 Å². The van der Waals surface area contributed by atoms with Crippen molar-refractivity contribution in [3.05, 3.63) is 64.2 Å². The molecule has 5 rings (SSSR count). The number of nitrogens with one attached hydrogen (secondary N) is 1. The number of imide groups is 2. The first-order chi connectivity index (χ1) is 18.7. The molecule has 1 atom stereocenters. The zero-order valence-electron chi connectivity index (χ0n) is 21.7. The fraction of sp³-hybridized carbons (Fsp3) is 0.414. The maximum atomic E-state index is 13.4. The summed E-state index contributed by atoms with van der Waals surface area (Å²) in [4.78, 5) is 54.1. The minimum Gasteiger partial charge on any atom is -0.493 e. The predicted octanol–water partition coefficient (Wildman–Crippen LogP) is 3.46. The zero-order valence-corrected chi connectivity index (χ0v) is 22.4. The second-order valence-corrected chi connectivity index (χ2v) is 11.0. The minimum absolute atomic E-state index is 0.0457. The summed E-state index contributed by atoms with van der Waals surface area (Å²) in [5.74, 6) is -1.95. The molecule has 4 amide bonds. The SMILES string of the molecule is C[C@]1(N2C(=O)c3cccc(OCCCN4CCC(C#N)(c5cccc(Cl)c5)CC4)c3C2=O)CCC(=O)NC1=O. The van der Waals surface area contributed by atoms with Crippen LogP contribution in [0.2, 0.25) is 5.02 Å². The average Bonchev–Trinajstić information content (AvgIpc) is 3.20. The molecule has 202 valence electrons. The van der Waals surface area contributed by atoms with E-state index < -0.39 is 34.6 Å². The molecule has 0 unspecified atom stereocenters. The van der Waals surface area contributed by atoms with Crippen LogP contribution in [0.15, 0.2) is 42.5 Å². The van der Waals surface area contributed by atoms with Gasteiger partial charge in [-0.2, -0.15) is 5.26 Å². The molecule has 39 heavy (non-hydrogen) atoms. The molecule has 3 aliphatic rings. The van der Waals surface area contributed by atoms with Gasteiger partial charge in [-0.15, -0.1) is 0 Å². The van der Waals surface area contributed by atoms with Crippen LogP contribution in [-0.4, -0.2) is 65.2 Å². The third-order valence-electron chi connectivity index (χ3n) is 8.13. The Labute approximate surface area is 231 Å². The lowest BCUT2D eigenvalue weighted by Crippen LogP contribution is -2.62. The molecule has 2 aromatic carbocycles. The van der Waals surface area contributed by atoms with E-state index >= 15 is 0 Å². The summed E-state index contributed by atoms with van der Waals surface area (Å²) < 4.78 is 5.97. The van der Waals surface area contributed by atoms with Crippen LogP contribution in [-0.2, 0) is 15.0 Å². The fourth-order valence-electron chi connectivity index (χ4n) is 5.71. The van der Waals surface area contributed by atoms with Crippen LogP contribution in [0.1, 0.15) is 65.3 Å². The van der Waals surface area contributed by atoms with E-state index in [4.69, 9.17) is 16.3 Å². The number of benzene rings is 2. The molecule has 10 heteroatoms. The number of likely N-dealkylation sites (tertiary alicyclic amines) is 1. The Morgan fingerprint density at radius 2 is 1.79 bits per heavy atom. The molecule has 3 heterocycles. The van der Waals surface area contributed by atoms with Crippen molar-refractivity contribution in [1.82, 2.24) is 15.1 Å². The van der Waals surface area contributed by atoms with Crippen molar-refractivity contribution in [2.75, 3.05) is 26.2 Å². The summed E-state index contributed by atoms with van der Waals surface area (Å²) in [6.07, 6.45) is 2.22. The van der Waals surface area contributed by atoms with Crippen LogP contribution in [0.4, 0.5) is 0 Å². The number of rotatable bonds is 7. The largest absolute Gasteiger partial charge is 0.493 e. The summed E-state index contributed by atoms with van der Waals surface area (Å²) in [6, 6.07) is 14.9. The van der Waals surface area contributed by atoms with Gasteiger partial charge >= 0.3 is 0 Å². The summed E-state index contributed by atoms with van der Waals surface area (Å²) in [5, 5.41) is 12.8.